The monoisotopic (exact) mass is 503 g/mol. The third-order valence-electron chi connectivity index (χ3n) is 3.77. The van der Waals surface area contributed by atoms with Gasteiger partial charge in [0, 0.05) is 24.5 Å². The quantitative estimate of drug-likeness (QED) is 0.418. The van der Waals surface area contributed by atoms with E-state index >= 15 is 0 Å². The van der Waals surface area contributed by atoms with Crippen LogP contribution in [0.15, 0.2) is 39.7 Å². The number of aromatic nitrogens is 6. The number of fused-ring (bicyclic) bond motifs is 1. The number of anilines is 1. The van der Waals surface area contributed by atoms with Gasteiger partial charge in [0.05, 0.1) is 15.5 Å². The molecule has 0 amide bonds. The zero-order valence-corrected chi connectivity index (χ0v) is 17.2. The molecule has 14 heteroatoms. The normalized spacial score (nSPS) is 12.9. The van der Waals surface area contributed by atoms with Gasteiger partial charge in [-0.2, -0.15) is 14.8 Å². The first-order valence-electron chi connectivity index (χ1n) is 8.20. The summed E-state index contributed by atoms with van der Waals surface area (Å²) >= 11 is 9.09. The summed E-state index contributed by atoms with van der Waals surface area (Å²) in [6, 6.07) is 1.82. The highest BCUT2D eigenvalue weighted by Gasteiger charge is 2.32. The molecular formula is C16H10BrClF3N7O2. The van der Waals surface area contributed by atoms with Gasteiger partial charge in [0.1, 0.15) is 11.8 Å². The van der Waals surface area contributed by atoms with E-state index in [1.54, 1.807) is 19.3 Å². The van der Waals surface area contributed by atoms with Crippen molar-refractivity contribution >= 4 is 44.6 Å². The van der Waals surface area contributed by atoms with Crippen LogP contribution in [-0.4, -0.2) is 36.1 Å². The van der Waals surface area contributed by atoms with Crippen LogP contribution in [0.3, 0.4) is 0 Å². The summed E-state index contributed by atoms with van der Waals surface area (Å²) in [5.74, 6) is 0.188. The van der Waals surface area contributed by atoms with Gasteiger partial charge in [-0.1, -0.05) is 11.6 Å². The molecule has 0 aliphatic rings. The van der Waals surface area contributed by atoms with Crippen molar-refractivity contribution in [2.75, 3.05) is 5.32 Å². The van der Waals surface area contributed by atoms with Crippen molar-refractivity contribution in [2.45, 2.75) is 19.3 Å². The average molecular weight is 505 g/mol. The maximum Gasteiger partial charge on any atom is 0.573 e. The Morgan fingerprint density at radius 1 is 1.23 bits per heavy atom. The lowest BCUT2D eigenvalue weighted by Crippen LogP contribution is -2.17. The van der Waals surface area contributed by atoms with Crippen molar-refractivity contribution in [1.82, 2.24) is 29.7 Å². The van der Waals surface area contributed by atoms with E-state index in [1.165, 1.54) is 17.1 Å². The first kappa shape index (κ1) is 20.3. The lowest BCUT2D eigenvalue weighted by atomic mass is 10.3. The maximum absolute atomic E-state index is 12.5. The van der Waals surface area contributed by atoms with Gasteiger partial charge in [0.15, 0.2) is 17.2 Å². The summed E-state index contributed by atoms with van der Waals surface area (Å²) in [6.07, 6.45) is -0.407. The van der Waals surface area contributed by atoms with E-state index in [9.17, 15) is 13.2 Å². The molecule has 4 rings (SSSR count). The number of hydrogen-bond acceptors (Lipinski definition) is 8. The number of ether oxygens (including phenoxy) is 1. The minimum Gasteiger partial charge on any atom is -0.423 e. The van der Waals surface area contributed by atoms with E-state index in [-0.39, 0.29) is 22.1 Å². The molecule has 0 saturated heterocycles. The van der Waals surface area contributed by atoms with E-state index in [0.29, 0.717) is 16.2 Å². The second-order valence-electron chi connectivity index (χ2n) is 5.91. The SMILES string of the molecule is C[C@H](Nc1nc2cc(OC(F)(F)F)c(Cl)cc2o1)c1ncnn1-c1ncc(Br)cn1. The second-order valence-corrected chi connectivity index (χ2v) is 7.24. The molecule has 1 aromatic carbocycles. The van der Waals surface area contributed by atoms with Crippen LogP contribution >= 0.6 is 27.5 Å². The van der Waals surface area contributed by atoms with Crippen LogP contribution in [0.25, 0.3) is 17.0 Å². The lowest BCUT2D eigenvalue weighted by molar-refractivity contribution is -0.274. The molecule has 0 unspecified atom stereocenters. The number of halogens is 5. The largest absolute Gasteiger partial charge is 0.573 e. The van der Waals surface area contributed by atoms with Crippen molar-refractivity contribution in [3.8, 4) is 11.7 Å². The van der Waals surface area contributed by atoms with Crippen molar-refractivity contribution in [3.05, 3.63) is 46.2 Å². The van der Waals surface area contributed by atoms with E-state index in [2.05, 4.69) is 51.0 Å². The lowest BCUT2D eigenvalue weighted by Gasteiger charge is -2.12. The molecule has 4 aromatic rings. The molecule has 0 bridgehead atoms. The third kappa shape index (κ3) is 4.31. The molecule has 0 fully saturated rings. The van der Waals surface area contributed by atoms with Gasteiger partial charge in [-0.15, -0.1) is 13.2 Å². The summed E-state index contributed by atoms with van der Waals surface area (Å²) in [4.78, 5) is 16.7. The van der Waals surface area contributed by atoms with E-state index < -0.39 is 18.2 Å². The molecule has 0 spiro atoms. The van der Waals surface area contributed by atoms with Gasteiger partial charge in [0.2, 0.25) is 0 Å². The third-order valence-corrected chi connectivity index (χ3v) is 4.47. The minimum atomic E-state index is -4.88. The molecule has 3 heterocycles. The molecule has 1 N–H and O–H groups in total. The molecule has 30 heavy (non-hydrogen) atoms. The van der Waals surface area contributed by atoms with E-state index in [0.717, 1.165) is 6.07 Å². The van der Waals surface area contributed by atoms with Gasteiger partial charge >= 0.3 is 6.36 Å². The van der Waals surface area contributed by atoms with Gasteiger partial charge in [-0.25, -0.2) is 15.0 Å². The average Bonchev–Trinajstić information content (AvgIpc) is 3.28. The van der Waals surface area contributed by atoms with Crippen LogP contribution in [-0.2, 0) is 0 Å². The molecule has 0 aliphatic carbocycles. The van der Waals surface area contributed by atoms with Crippen LogP contribution < -0.4 is 10.1 Å². The highest BCUT2D eigenvalue weighted by Crippen LogP contribution is 2.35. The first-order chi connectivity index (χ1) is 14.2. The predicted octanol–water partition coefficient (Wildman–Crippen LogP) is 4.69. The van der Waals surface area contributed by atoms with Crippen LogP contribution in [0, 0.1) is 0 Å². The van der Waals surface area contributed by atoms with Crippen LogP contribution in [0.4, 0.5) is 19.2 Å². The van der Waals surface area contributed by atoms with Gasteiger partial charge in [0.25, 0.3) is 12.0 Å². The number of benzene rings is 1. The number of alkyl halides is 3. The predicted molar refractivity (Wildman–Crippen MR) is 102 cm³/mol. The Balaban J connectivity index is 1.59. The summed E-state index contributed by atoms with van der Waals surface area (Å²) in [5.41, 5.74) is 0.313. The summed E-state index contributed by atoms with van der Waals surface area (Å²) in [5, 5.41) is 6.82. The van der Waals surface area contributed by atoms with Gasteiger partial charge in [-0.3, -0.25) is 0 Å². The first-order valence-corrected chi connectivity index (χ1v) is 9.37. The molecule has 0 saturated carbocycles. The summed E-state index contributed by atoms with van der Waals surface area (Å²) < 4.78 is 49.0. The Morgan fingerprint density at radius 3 is 2.67 bits per heavy atom. The Bertz CT molecular complexity index is 1200. The zero-order chi connectivity index (χ0) is 21.5. The number of nitrogens with zero attached hydrogens (tertiary/aromatic N) is 6. The van der Waals surface area contributed by atoms with Crippen molar-refractivity contribution in [2.24, 2.45) is 0 Å². The zero-order valence-electron chi connectivity index (χ0n) is 14.9. The van der Waals surface area contributed by atoms with Crippen molar-refractivity contribution in [1.29, 1.82) is 0 Å². The fourth-order valence-corrected chi connectivity index (χ4v) is 2.96. The van der Waals surface area contributed by atoms with E-state index in [1.807, 2.05) is 0 Å². The topological polar surface area (TPSA) is 104 Å². The highest BCUT2D eigenvalue weighted by atomic mass is 79.9. The molecule has 0 radical (unpaired) electrons. The molecular weight excluding hydrogens is 495 g/mol. The molecule has 1 atom stereocenters. The smallest absolute Gasteiger partial charge is 0.423 e. The van der Waals surface area contributed by atoms with Crippen molar-refractivity contribution < 1.29 is 22.3 Å². The van der Waals surface area contributed by atoms with Gasteiger partial charge < -0.3 is 14.5 Å². The molecule has 156 valence electrons. The standard InChI is InChI=1S/C16H10BrClF3N7O2/c1-7(13-24-6-25-28(13)14-22-4-8(17)5-23-14)26-15-27-10-3-11(30-16(19,20)21)9(18)2-12(10)29-15/h2-7H,1H3,(H,26,27)/t7-/m0/s1. The number of oxazole rings is 1. The second kappa shape index (κ2) is 7.72. The molecule has 0 aliphatic heterocycles. The van der Waals surface area contributed by atoms with E-state index in [4.69, 9.17) is 16.0 Å². The number of rotatable bonds is 5. The fraction of sp³-hybridized carbons (Fsp3) is 0.188. The number of hydrogen-bond donors (Lipinski definition) is 1. The van der Waals surface area contributed by atoms with Crippen LogP contribution in [0.1, 0.15) is 18.8 Å². The highest BCUT2D eigenvalue weighted by molar-refractivity contribution is 9.10. The van der Waals surface area contributed by atoms with Gasteiger partial charge in [-0.05, 0) is 22.9 Å². The fourth-order valence-electron chi connectivity index (χ4n) is 2.56. The Morgan fingerprint density at radius 2 is 1.97 bits per heavy atom. The number of nitrogens with one attached hydrogen (secondary N) is 1. The van der Waals surface area contributed by atoms with Crippen LogP contribution in [0.2, 0.25) is 5.02 Å². The maximum atomic E-state index is 12.5. The molecule has 3 aromatic heterocycles. The summed E-state index contributed by atoms with van der Waals surface area (Å²) in [6.45, 7) is 1.76. The Hall–Kier alpha value is -2.93. The minimum absolute atomic E-state index is 0.0454. The Kier molecular flexibility index (Phi) is 5.24. The Labute approximate surface area is 179 Å². The van der Waals surface area contributed by atoms with Crippen molar-refractivity contribution in [3.63, 3.8) is 0 Å². The van der Waals surface area contributed by atoms with Crippen LogP contribution in [0.5, 0.6) is 5.75 Å². The summed E-state index contributed by atoms with van der Waals surface area (Å²) in [7, 11) is 0. The molecule has 9 nitrogen and oxygen atoms in total.